The Labute approximate surface area is 116 Å². The number of phenols is 1. The fourth-order valence-electron chi connectivity index (χ4n) is 1.90. The highest BCUT2D eigenvalue weighted by atomic mass is 35.5. The van der Waals surface area contributed by atoms with Crippen molar-refractivity contribution < 1.29 is 9.50 Å². The first kappa shape index (κ1) is 13.8. The van der Waals surface area contributed by atoms with Gasteiger partial charge in [0.2, 0.25) is 0 Å². The Bertz CT molecular complexity index is 574. The summed E-state index contributed by atoms with van der Waals surface area (Å²) >= 11 is 5.83. The Kier molecular flexibility index (Phi) is 4.40. The Morgan fingerprint density at radius 1 is 1.21 bits per heavy atom. The van der Waals surface area contributed by atoms with Crippen LogP contribution in [0.3, 0.4) is 0 Å². The summed E-state index contributed by atoms with van der Waals surface area (Å²) in [4.78, 5) is 0. The van der Waals surface area contributed by atoms with Gasteiger partial charge in [-0.05, 0) is 19.1 Å². The number of hydrogen-bond donors (Lipinski definition) is 2. The van der Waals surface area contributed by atoms with Gasteiger partial charge in [-0.15, -0.1) is 0 Å². The zero-order valence-electron chi connectivity index (χ0n) is 10.5. The van der Waals surface area contributed by atoms with Gasteiger partial charge in [0.15, 0.2) is 0 Å². The molecule has 0 saturated heterocycles. The van der Waals surface area contributed by atoms with Crippen LogP contribution in [0.1, 0.15) is 24.1 Å². The van der Waals surface area contributed by atoms with Crippen LogP contribution in [0.5, 0.6) is 5.75 Å². The maximum absolute atomic E-state index is 13.6. The molecular weight excluding hydrogens is 265 g/mol. The van der Waals surface area contributed by atoms with Gasteiger partial charge in [-0.25, -0.2) is 4.39 Å². The van der Waals surface area contributed by atoms with E-state index < -0.39 is 0 Å². The molecule has 2 rings (SSSR count). The summed E-state index contributed by atoms with van der Waals surface area (Å²) < 4.78 is 13.6. The molecule has 0 aliphatic carbocycles. The van der Waals surface area contributed by atoms with E-state index in [9.17, 15) is 9.50 Å². The summed E-state index contributed by atoms with van der Waals surface area (Å²) in [5, 5.41) is 13.3. The first-order valence-corrected chi connectivity index (χ1v) is 6.41. The van der Waals surface area contributed by atoms with Crippen molar-refractivity contribution in [3.05, 3.63) is 64.4 Å². The molecule has 2 N–H and O–H groups in total. The summed E-state index contributed by atoms with van der Waals surface area (Å²) in [5.74, 6) is -0.171. The van der Waals surface area contributed by atoms with Crippen LogP contribution in [0.2, 0.25) is 5.02 Å². The molecule has 0 bridgehead atoms. The first-order chi connectivity index (χ1) is 9.09. The minimum atomic E-state index is -0.238. The van der Waals surface area contributed by atoms with Crippen LogP contribution in [0.25, 0.3) is 0 Å². The molecule has 1 atom stereocenters. The molecule has 0 radical (unpaired) electrons. The van der Waals surface area contributed by atoms with Crippen LogP contribution in [0.4, 0.5) is 4.39 Å². The highest BCUT2D eigenvalue weighted by Crippen LogP contribution is 2.27. The third-order valence-corrected chi connectivity index (χ3v) is 3.35. The molecule has 0 amide bonds. The lowest BCUT2D eigenvalue weighted by molar-refractivity contribution is 0.458. The smallest absolute Gasteiger partial charge is 0.138 e. The molecule has 2 nitrogen and oxygen atoms in total. The van der Waals surface area contributed by atoms with Gasteiger partial charge >= 0.3 is 0 Å². The van der Waals surface area contributed by atoms with Crippen molar-refractivity contribution in [2.24, 2.45) is 0 Å². The van der Waals surface area contributed by atoms with Crippen molar-refractivity contribution in [1.29, 1.82) is 0 Å². The highest BCUT2D eigenvalue weighted by molar-refractivity contribution is 6.32. The van der Waals surface area contributed by atoms with Crippen LogP contribution >= 0.6 is 11.6 Å². The van der Waals surface area contributed by atoms with Crippen LogP contribution in [0.15, 0.2) is 42.5 Å². The standard InChI is InChI=1S/C15H15ClFNO/c1-10(12-6-2-3-8-14(12)17)18-9-11-5-4-7-13(16)15(11)19/h2-8,10,18-19H,9H2,1H3. The van der Waals surface area contributed by atoms with Crippen LogP contribution in [0, 0.1) is 5.82 Å². The number of rotatable bonds is 4. The number of nitrogens with one attached hydrogen (secondary N) is 1. The maximum atomic E-state index is 13.6. The molecular formula is C15H15ClFNO. The quantitative estimate of drug-likeness (QED) is 0.885. The maximum Gasteiger partial charge on any atom is 0.138 e. The van der Waals surface area contributed by atoms with E-state index in [1.165, 1.54) is 6.07 Å². The van der Waals surface area contributed by atoms with Crippen molar-refractivity contribution in [2.75, 3.05) is 0 Å². The average Bonchev–Trinajstić information content (AvgIpc) is 2.40. The second-order valence-corrected chi connectivity index (χ2v) is 4.78. The van der Waals surface area contributed by atoms with Gasteiger partial charge in [-0.1, -0.05) is 41.9 Å². The van der Waals surface area contributed by atoms with Crippen LogP contribution in [-0.2, 0) is 6.54 Å². The predicted molar refractivity (Wildman–Crippen MR) is 74.8 cm³/mol. The van der Waals surface area contributed by atoms with E-state index in [0.717, 1.165) is 0 Å². The molecule has 0 aliphatic heterocycles. The fraction of sp³-hybridized carbons (Fsp3) is 0.200. The number of halogens is 2. The van der Waals surface area contributed by atoms with Crippen LogP contribution in [-0.4, -0.2) is 5.11 Å². The van der Waals surface area contributed by atoms with E-state index in [2.05, 4.69) is 5.32 Å². The van der Waals surface area contributed by atoms with Gasteiger partial charge in [0, 0.05) is 23.7 Å². The number of aromatic hydroxyl groups is 1. The Morgan fingerprint density at radius 3 is 2.68 bits per heavy atom. The molecule has 0 heterocycles. The van der Waals surface area contributed by atoms with E-state index >= 15 is 0 Å². The second-order valence-electron chi connectivity index (χ2n) is 4.37. The van der Waals surface area contributed by atoms with Crippen LogP contribution < -0.4 is 5.32 Å². The first-order valence-electron chi connectivity index (χ1n) is 6.03. The SMILES string of the molecule is CC(NCc1cccc(Cl)c1O)c1ccccc1F. The summed E-state index contributed by atoms with van der Waals surface area (Å²) in [7, 11) is 0. The Balaban J connectivity index is 2.07. The molecule has 0 aromatic heterocycles. The molecule has 0 saturated carbocycles. The average molecular weight is 280 g/mol. The van der Waals surface area contributed by atoms with Crippen molar-refractivity contribution in [1.82, 2.24) is 5.32 Å². The second kappa shape index (κ2) is 6.04. The number of phenolic OH excluding ortho intramolecular Hbond substituents is 1. The molecule has 100 valence electrons. The van der Waals surface area contributed by atoms with Gasteiger partial charge in [0.1, 0.15) is 11.6 Å². The van der Waals surface area contributed by atoms with E-state index in [0.29, 0.717) is 22.7 Å². The van der Waals surface area contributed by atoms with Gasteiger partial charge in [0.05, 0.1) is 5.02 Å². The summed E-state index contributed by atoms with van der Waals surface area (Å²) in [6.07, 6.45) is 0. The van der Waals surface area contributed by atoms with Gasteiger partial charge in [-0.2, -0.15) is 0 Å². The molecule has 19 heavy (non-hydrogen) atoms. The molecule has 2 aromatic rings. The Morgan fingerprint density at radius 2 is 1.95 bits per heavy atom. The minimum absolute atomic E-state index is 0.0670. The molecule has 0 spiro atoms. The molecule has 4 heteroatoms. The number of benzene rings is 2. The molecule has 0 aliphatic rings. The van der Waals surface area contributed by atoms with Crippen molar-refractivity contribution in [3.63, 3.8) is 0 Å². The normalized spacial score (nSPS) is 12.4. The van der Waals surface area contributed by atoms with Gasteiger partial charge in [-0.3, -0.25) is 0 Å². The lowest BCUT2D eigenvalue weighted by Gasteiger charge is -2.15. The number of para-hydroxylation sites is 1. The zero-order chi connectivity index (χ0) is 13.8. The molecule has 2 aromatic carbocycles. The molecule has 1 unspecified atom stereocenters. The fourth-order valence-corrected chi connectivity index (χ4v) is 2.10. The summed E-state index contributed by atoms with van der Waals surface area (Å²) in [6, 6.07) is 11.7. The van der Waals surface area contributed by atoms with Gasteiger partial charge in [0.25, 0.3) is 0 Å². The van der Waals surface area contributed by atoms with E-state index in [1.54, 1.807) is 36.4 Å². The number of hydrogen-bond acceptors (Lipinski definition) is 2. The van der Waals surface area contributed by atoms with Crippen molar-refractivity contribution >= 4 is 11.6 Å². The van der Waals surface area contributed by atoms with Crippen molar-refractivity contribution in [3.8, 4) is 5.75 Å². The topological polar surface area (TPSA) is 32.3 Å². The third-order valence-electron chi connectivity index (χ3n) is 3.04. The largest absolute Gasteiger partial charge is 0.506 e. The molecule has 0 fully saturated rings. The third kappa shape index (κ3) is 3.25. The zero-order valence-corrected chi connectivity index (χ0v) is 11.3. The van der Waals surface area contributed by atoms with E-state index in [4.69, 9.17) is 11.6 Å². The minimum Gasteiger partial charge on any atom is -0.506 e. The van der Waals surface area contributed by atoms with E-state index in [1.807, 2.05) is 6.92 Å². The Hall–Kier alpha value is -1.58. The predicted octanol–water partition coefficient (Wildman–Crippen LogP) is 4.04. The lowest BCUT2D eigenvalue weighted by atomic mass is 10.1. The summed E-state index contributed by atoms with van der Waals surface area (Å²) in [5.41, 5.74) is 1.29. The van der Waals surface area contributed by atoms with Gasteiger partial charge < -0.3 is 10.4 Å². The highest BCUT2D eigenvalue weighted by Gasteiger charge is 2.11. The van der Waals surface area contributed by atoms with E-state index in [-0.39, 0.29) is 17.6 Å². The van der Waals surface area contributed by atoms with Crippen molar-refractivity contribution in [2.45, 2.75) is 19.5 Å². The lowest BCUT2D eigenvalue weighted by Crippen LogP contribution is -2.19. The summed E-state index contributed by atoms with van der Waals surface area (Å²) in [6.45, 7) is 2.29. The monoisotopic (exact) mass is 279 g/mol.